The van der Waals surface area contributed by atoms with E-state index in [1.165, 1.54) is 6.07 Å². The number of aryl methyl sites for hydroxylation is 1. The van der Waals surface area contributed by atoms with Gasteiger partial charge in [0.2, 0.25) is 0 Å². The minimum Gasteiger partial charge on any atom is -0.507 e. The summed E-state index contributed by atoms with van der Waals surface area (Å²) in [6, 6.07) is 4.83. The van der Waals surface area contributed by atoms with Crippen LogP contribution < -0.4 is 5.56 Å². The summed E-state index contributed by atoms with van der Waals surface area (Å²) < 4.78 is 0.808. The number of aromatic hydroxyl groups is 1. The molecule has 0 aliphatic carbocycles. The molecule has 2 rings (SSSR count). The molecule has 1 aromatic heterocycles. The SMILES string of the molecule is Cc1ccc2c(O)cc(=O)[nH]c2c1Br. The third-order valence-electron chi connectivity index (χ3n) is 2.13. The Hall–Kier alpha value is -1.29. The highest BCUT2D eigenvalue weighted by Gasteiger charge is 2.06. The first-order valence-corrected chi connectivity index (χ1v) is 4.90. The zero-order chi connectivity index (χ0) is 10.3. The Bertz CT molecular complexity index is 560. The second-order valence-corrected chi connectivity index (χ2v) is 3.93. The van der Waals surface area contributed by atoms with E-state index in [1.807, 2.05) is 13.0 Å². The standard InChI is InChI=1S/C10H8BrNO2/c1-5-2-3-6-7(13)4-8(14)12-10(6)9(5)11/h2-4H,1H3,(H2,12,13,14). The minimum absolute atomic E-state index is 0.00412. The van der Waals surface area contributed by atoms with Crippen molar-refractivity contribution in [2.24, 2.45) is 0 Å². The van der Waals surface area contributed by atoms with Crippen LogP contribution in [0.15, 0.2) is 27.5 Å². The highest BCUT2D eigenvalue weighted by molar-refractivity contribution is 9.10. The maximum absolute atomic E-state index is 11.1. The Morgan fingerprint density at radius 1 is 1.43 bits per heavy atom. The van der Waals surface area contributed by atoms with Crippen molar-refractivity contribution in [3.63, 3.8) is 0 Å². The molecule has 1 heterocycles. The molecule has 0 radical (unpaired) electrons. The van der Waals surface area contributed by atoms with Crippen molar-refractivity contribution in [2.45, 2.75) is 6.92 Å². The first-order valence-electron chi connectivity index (χ1n) is 4.10. The summed E-state index contributed by atoms with van der Waals surface area (Å²) >= 11 is 3.37. The van der Waals surface area contributed by atoms with Gasteiger partial charge < -0.3 is 10.1 Å². The van der Waals surface area contributed by atoms with Gasteiger partial charge in [0.05, 0.1) is 5.52 Å². The smallest absolute Gasteiger partial charge is 0.252 e. The van der Waals surface area contributed by atoms with Crippen LogP contribution in [0.1, 0.15) is 5.56 Å². The molecule has 0 atom stereocenters. The van der Waals surface area contributed by atoms with Crippen LogP contribution in [0.5, 0.6) is 5.75 Å². The number of rotatable bonds is 0. The Morgan fingerprint density at radius 2 is 2.14 bits per heavy atom. The molecule has 14 heavy (non-hydrogen) atoms. The first kappa shape index (κ1) is 9.27. The van der Waals surface area contributed by atoms with Crippen LogP contribution in [0.3, 0.4) is 0 Å². The average Bonchev–Trinajstić information content (AvgIpc) is 2.12. The highest BCUT2D eigenvalue weighted by atomic mass is 79.9. The molecule has 0 amide bonds. The number of benzene rings is 1. The number of nitrogens with one attached hydrogen (secondary N) is 1. The van der Waals surface area contributed by atoms with E-state index in [0.717, 1.165) is 10.0 Å². The van der Waals surface area contributed by atoms with Crippen molar-refractivity contribution in [3.8, 4) is 5.75 Å². The lowest BCUT2D eigenvalue weighted by molar-refractivity contribution is 0.480. The van der Waals surface area contributed by atoms with Gasteiger partial charge in [0.15, 0.2) is 0 Å². The van der Waals surface area contributed by atoms with Crippen LogP contribution in [0.2, 0.25) is 0 Å². The quantitative estimate of drug-likeness (QED) is 0.757. The van der Waals surface area contributed by atoms with Crippen molar-refractivity contribution in [1.82, 2.24) is 4.98 Å². The fraction of sp³-hybridized carbons (Fsp3) is 0.100. The Morgan fingerprint density at radius 3 is 2.86 bits per heavy atom. The fourth-order valence-corrected chi connectivity index (χ4v) is 1.82. The maximum Gasteiger partial charge on any atom is 0.252 e. The number of aromatic amines is 1. The van der Waals surface area contributed by atoms with Crippen LogP contribution in [0.25, 0.3) is 10.9 Å². The van der Waals surface area contributed by atoms with E-state index < -0.39 is 0 Å². The van der Waals surface area contributed by atoms with Crippen molar-refractivity contribution >= 4 is 26.8 Å². The topological polar surface area (TPSA) is 53.1 Å². The van der Waals surface area contributed by atoms with E-state index in [0.29, 0.717) is 10.9 Å². The van der Waals surface area contributed by atoms with E-state index in [1.54, 1.807) is 6.07 Å². The van der Waals surface area contributed by atoms with E-state index in [4.69, 9.17) is 0 Å². The zero-order valence-electron chi connectivity index (χ0n) is 7.47. The van der Waals surface area contributed by atoms with E-state index >= 15 is 0 Å². The monoisotopic (exact) mass is 253 g/mol. The molecule has 3 nitrogen and oxygen atoms in total. The average molecular weight is 254 g/mol. The van der Waals surface area contributed by atoms with Gasteiger partial charge in [-0.05, 0) is 34.5 Å². The summed E-state index contributed by atoms with van der Waals surface area (Å²) in [5.74, 6) is 0.00412. The fourth-order valence-electron chi connectivity index (χ4n) is 1.38. The molecule has 0 spiro atoms. The normalized spacial score (nSPS) is 10.7. The summed E-state index contributed by atoms with van der Waals surface area (Å²) in [4.78, 5) is 13.8. The number of H-pyrrole nitrogens is 1. The highest BCUT2D eigenvalue weighted by Crippen LogP contribution is 2.29. The summed E-state index contributed by atoms with van der Waals surface area (Å²) in [5, 5.41) is 10.2. The van der Waals surface area contributed by atoms with Crippen LogP contribution in [0.4, 0.5) is 0 Å². The van der Waals surface area contributed by atoms with Gasteiger partial charge in [0.25, 0.3) is 5.56 Å². The van der Waals surface area contributed by atoms with Crippen molar-refractivity contribution < 1.29 is 5.11 Å². The van der Waals surface area contributed by atoms with Crippen LogP contribution in [-0.4, -0.2) is 10.1 Å². The number of aromatic nitrogens is 1. The van der Waals surface area contributed by atoms with Crippen molar-refractivity contribution in [3.05, 3.63) is 38.6 Å². The number of pyridine rings is 1. The molecule has 0 aliphatic heterocycles. The summed E-state index contributed by atoms with van der Waals surface area (Å²) in [6.07, 6.45) is 0. The van der Waals surface area contributed by atoms with Crippen LogP contribution in [-0.2, 0) is 0 Å². The van der Waals surface area contributed by atoms with Crippen molar-refractivity contribution in [1.29, 1.82) is 0 Å². The summed E-state index contributed by atoms with van der Waals surface area (Å²) in [5.41, 5.74) is 1.34. The molecule has 0 saturated heterocycles. The van der Waals surface area contributed by atoms with Crippen molar-refractivity contribution in [2.75, 3.05) is 0 Å². The molecule has 72 valence electrons. The number of hydrogen-bond acceptors (Lipinski definition) is 2. The molecule has 0 saturated carbocycles. The molecule has 0 fully saturated rings. The number of hydrogen-bond donors (Lipinski definition) is 2. The van der Waals surface area contributed by atoms with E-state index in [-0.39, 0.29) is 11.3 Å². The largest absolute Gasteiger partial charge is 0.507 e. The molecule has 4 heteroatoms. The van der Waals surface area contributed by atoms with Gasteiger partial charge >= 0.3 is 0 Å². The second-order valence-electron chi connectivity index (χ2n) is 3.14. The Labute approximate surface area is 88.5 Å². The van der Waals surface area contributed by atoms with Crippen LogP contribution in [0, 0.1) is 6.92 Å². The van der Waals surface area contributed by atoms with Gasteiger partial charge in [-0.3, -0.25) is 4.79 Å². The second kappa shape index (κ2) is 3.13. The molecular formula is C10H8BrNO2. The van der Waals surface area contributed by atoms with Gasteiger partial charge in [0.1, 0.15) is 5.75 Å². The maximum atomic E-state index is 11.1. The summed E-state index contributed by atoms with van der Waals surface area (Å²) in [7, 11) is 0. The van der Waals surface area contributed by atoms with E-state index in [2.05, 4.69) is 20.9 Å². The number of halogens is 1. The van der Waals surface area contributed by atoms with Gasteiger partial charge in [-0.25, -0.2) is 0 Å². The van der Waals surface area contributed by atoms with Crippen LogP contribution >= 0.6 is 15.9 Å². The van der Waals surface area contributed by atoms with Gasteiger partial charge in [-0.15, -0.1) is 0 Å². The number of fused-ring (bicyclic) bond motifs is 1. The zero-order valence-corrected chi connectivity index (χ0v) is 9.05. The minimum atomic E-state index is -0.304. The predicted octanol–water partition coefficient (Wildman–Crippen LogP) is 2.30. The van der Waals surface area contributed by atoms with Gasteiger partial charge in [-0.2, -0.15) is 0 Å². The molecule has 0 unspecified atom stereocenters. The molecule has 0 bridgehead atoms. The molecule has 2 aromatic rings. The van der Waals surface area contributed by atoms with E-state index in [9.17, 15) is 9.90 Å². The lowest BCUT2D eigenvalue weighted by atomic mass is 10.1. The first-order chi connectivity index (χ1) is 6.59. The summed E-state index contributed by atoms with van der Waals surface area (Å²) in [6.45, 7) is 1.92. The Balaban J connectivity index is 3.02. The predicted molar refractivity (Wildman–Crippen MR) is 58.7 cm³/mol. The molecule has 0 aliphatic rings. The van der Waals surface area contributed by atoms with Gasteiger partial charge in [0, 0.05) is 15.9 Å². The van der Waals surface area contributed by atoms with Gasteiger partial charge in [-0.1, -0.05) is 6.07 Å². The third-order valence-corrected chi connectivity index (χ3v) is 3.15. The third kappa shape index (κ3) is 1.32. The lowest BCUT2D eigenvalue weighted by Gasteiger charge is -2.04. The Kier molecular flexibility index (Phi) is 2.07. The molecule has 1 aromatic carbocycles. The molecular weight excluding hydrogens is 246 g/mol. The lowest BCUT2D eigenvalue weighted by Crippen LogP contribution is -2.03. The molecule has 2 N–H and O–H groups in total.